The normalized spacial score (nSPS) is 24.0. The van der Waals surface area contributed by atoms with E-state index in [1.807, 2.05) is 4.90 Å². The van der Waals surface area contributed by atoms with E-state index in [1.165, 1.54) is 17.4 Å². The molecular formula is C20H30FN4OS+. The van der Waals surface area contributed by atoms with Crippen molar-refractivity contribution in [1.82, 2.24) is 9.80 Å². The van der Waals surface area contributed by atoms with Gasteiger partial charge in [-0.15, -0.1) is 0 Å². The number of quaternary nitrogens is 1. The van der Waals surface area contributed by atoms with Gasteiger partial charge in [-0.25, -0.2) is 4.39 Å². The molecule has 2 atom stereocenters. The maximum atomic E-state index is 13.8. The van der Waals surface area contributed by atoms with E-state index in [1.54, 1.807) is 18.2 Å². The molecule has 0 saturated carbocycles. The lowest BCUT2D eigenvalue weighted by Crippen LogP contribution is -3.15. The van der Waals surface area contributed by atoms with Crippen molar-refractivity contribution in [2.45, 2.75) is 20.3 Å². The van der Waals surface area contributed by atoms with Crippen molar-refractivity contribution >= 4 is 28.9 Å². The lowest BCUT2D eigenvalue weighted by Gasteiger charge is -2.37. The Labute approximate surface area is 166 Å². The summed E-state index contributed by atoms with van der Waals surface area (Å²) in [6, 6.07) is 6.54. The van der Waals surface area contributed by atoms with Crippen LogP contribution in [-0.2, 0) is 4.79 Å². The number of nitrogens with zero attached hydrogens (tertiary/aromatic N) is 2. The Kier molecular flexibility index (Phi) is 6.65. The molecular weight excluding hydrogens is 363 g/mol. The van der Waals surface area contributed by atoms with Crippen molar-refractivity contribution in [3.63, 3.8) is 0 Å². The molecule has 0 bridgehead atoms. The van der Waals surface area contributed by atoms with Crippen LogP contribution < -0.4 is 10.2 Å². The van der Waals surface area contributed by atoms with Crippen molar-refractivity contribution in [3.05, 3.63) is 30.1 Å². The fourth-order valence-electron chi connectivity index (χ4n) is 4.15. The quantitative estimate of drug-likeness (QED) is 0.758. The van der Waals surface area contributed by atoms with Gasteiger partial charge in [-0.3, -0.25) is 4.79 Å². The number of halogens is 1. The minimum atomic E-state index is -0.306. The molecule has 1 amide bonds. The molecule has 0 spiro atoms. The van der Waals surface area contributed by atoms with Crippen LogP contribution in [0.3, 0.4) is 0 Å². The number of rotatable bonds is 3. The van der Waals surface area contributed by atoms with Gasteiger partial charge in [0.25, 0.3) is 5.91 Å². The number of hydrogen-bond donors (Lipinski definition) is 2. The monoisotopic (exact) mass is 393 g/mol. The first kappa shape index (κ1) is 20.0. The first-order valence-electron chi connectivity index (χ1n) is 9.84. The van der Waals surface area contributed by atoms with Gasteiger partial charge in [-0.2, -0.15) is 0 Å². The molecule has 3 rings (SSSR count). The second-order valence-corrected chi connectivity index (χ2v) is 8.46. The third kappa shape index (κ3) is 5.39. The first-order chi connectivity index (χ1) is 12.9. The third-order valence-electron chi connectivity index (χ3n) is 5.50. The van der Waals surface area contributed by atoms with E-state index in [0.717, 1.165) is 39.3 Å². The highest BCUT2D eigenvalue weighted by atomic mass is 32.1. The average Bonchev–Trinajstić information content (AvgIpc) is 2.63. The molecule has 1 aromatic rings. The highest BCUT2D eigenvalue weighted by Gasteiger charge is 2.29. The first-order valence-corrected chi connectivity index (χ1v) is 10.2. The van der Waals surface area contributed by atoms with Crippen LogP contribution in [0.4, 0.5) is 10.1 Å². The van der Waals surface area contributed by atoms with Crippen molar-refractivity contribution in [1.29, 1.82) is 0 Å². The summed E-state index contributed by atoms with van der Waals surface area (Å²) in [6.45, 7) is 10.1. The minimum Gasteiger partial charge on any atom is -0.338 e. The highest BCUT2D eigenvalue weighted by Crippen LogP contribution is 2.20. The number of carbonyl (C=O) groups is 1. The van der Waals surface area contributed by atoms with Gasteiger partial charge >= 0.3 is 0 Å². The van der Waals surface area contributed by atoms with E-state index in [9.17, 15) is 9.18 Å². The molecule has 0 unspecified atom stereocenters. The number of para-hydroxylation sites is 1. The van der Waals surface area contributed by atoms with E-state index >= 15 is 0 Å². The number of piperidine rings is 1. The van der Waals surface area contributed by atoms with E-state index in [-0.39, 0.29) is 11.7 Å². The zero-order valence-electron chi connectivity index (χ0n) is 16.2. The zero-order chi connectivity index (χ0) is 19.4. The number of hydrogen-bond acceptors (Lipinski definition) is 2. The van der Waals surface area contributed by atoms with Gasteiger partial charge < -0.3 is 20.0 Å². The number of likely N-dealkylation sites (tertiary alicyclic amines) is 1. The van der Waals surface area contributed by atoms with Gasteiger partial charge in [0.15, 0.2) is 11.7 Å². The molecule has 5 nitrogen and oxygen atoms in total. The predicted octanol–water partition coefficient (Wildman–Crippen LogP) is 1.23. The van der Waals surface area contributed by atoms with Gasteiger partial charge in [0.05, 0.1) is 31.9 Å². The summed E-state index contributed by atoms with van der Waals surface area (Å²) in [5, 5.41) is 3.54. The van der Waals surface area contributed by atoms with Crippen molar-refractivity contribution in [2.24, 2.45) is 11.8 Å². The summed E-state index contributed by atoms with van der Waals surface area (Å²) >= 11 is 5.43. The lowest BCUT2D eigenvalue weighted by atomic mass is 9.92. The smallest absolute Gasteiger partial charge is 0.277 e. The summed E-state index contributed by atoms with van der Waals surface area (Å²) in [5.74, 6) is 1.14. The molecule has 7 heteroatoms. The molecule has 148 valence electrons. The van der Waals surface area contributed by atoms with E-state index in [2.05, 4.69) is 24.1 Å². The van der Waals surface area contributed by atoms with E-state index in [0.29, 0.717) is 29.2 Å². The number of amides is 1. The second kappa shape index (κ2) is 8.97. The molecule has 0 radical (unpaired) electrons. The van der Waals surface area contributed by atoms with Crippen LogP contribution in [0.5, 0.6) is 0 Å². The maximum absolute atomic E-state index is 13.8. The Balaban J connectivity index is 1.45. The van der Waals surface area contributed by atoms with E-state index < -0.39 is 0 Å². The Bertz CT molecular complexity index is 668. The molecule has 1 aromatic carbocycles. The summed E-state index contributed by atoms with van der Waals surface area (Å²) in [6.07, 6.45) is 1.21. The summed E-state index contributed by atoms with van der Waals surface area (Å²) in [7, 11) is 0. The number of piperazine rings is 1. The van der Waals surface area contributed by atoms with Gasteiger partial charge in [0.1, 0.15) is 5.82 Å². The summed E-state index contributed by atoms with van der Waals surface area (Å²) in [4.78, 5) is 18.1. The maximum Gasteiger partial charge on any atom is 0.277 e. The Morgan fingerprint density at radius 2 is 1.81 bits per heavy atom. The topological polar surface area (TPSA) is 40.0 Å². The van der Waals surface area contributed by atoms with Crippen LogP contribution in [0.15, 0.2) is 24.3 Å². The Morgan fingerprint density at radius 1 is 1.19 bits per heavy atom. The summed E-state index contributed by atoms with van der Waals surface area (Å²) < 4.78 is 13.8. The SMILES string of the molecule is C[C@@H]1C[C@H](C)CN(C(=O)C[NH+]2CCN(C(=S)Nc3ccccc3F)CC2)C1. The highest BCUT2D eigenvalue weighted by molar-refractivity contribution is 7.80. The van der Waals surface area contributed by atoms with Crippen LogP contribution in [0.2, 0.25) is 0 Å². The van der Waals surface area contributed by atoms with Crippen molar-refractivity contribution < 1.29 is 14.1 Å². The number of nitrogens with one attached hydrogen (secondary N) is 2. The second-order valence-electron chi connectivity index (χ2n) is 8.07. The third-order valence-corrected chi connectivity index (χ3v) is 5.86. The number of carbonyl (C=O) groups excluding carboxylic acids is 1. The average molecular weight is 394 g/mol. The van der Waals surface area contributed by atoms with Crippen LogP contribution in [0.25, 0.3) is 0 Å². The van der Waals surface area contributed by atoms with Gasteiger partial charge in [-0.05, 0) is 42.6 Å². The minimum absolute atomic E-state index is 0.268. The number of thiocarbonyl (C=S) groups is 1. The largest absolute Gasteiger partial charge is 0.338 e. The molecule has 27 heavy (non-hydrogen) atoms. The standard InChI is InChI=1S/C20H29FN4OS/c1-15-11-16(2)13-25(12-15)19(26)14-23-7-9-24(10-8-23)20(27)22-18-6-4-3-5-17(18)21/h3-6,15-16H,7-14H2,1-2H3,(H,22,27)/p+1/t15-,16+. The van der Waals surface area contributed by atoms with Gasteiger partial charge in [0.2, 0.25) is 0 Å². The number of benzene rings is 1. The molecule has 2 N–H and O–H groups in total. The fraction of sp³-hybridized carbons (Fsp3) is 0.600. The molecule has 2 heterocycles. The fourth-order valence-corrected chi connectivity index (χ4v) is 4.44. The Hall–Kier alpha value is -1.73. The van der Waals surface area contributed by atoms with Crippen molar-refractivity contribution in [3.8, 4) is 0 Å². The predicted molar refractivity (Wildman–Crippen MR) is 109 cm³/mol. The summed E-state index contributed by atoms with van der Waals surface area (Å²) in [5.41, 5.74) is 0.404. The molecule has 2 fully saturated rings. The number of anilines is 1. The molecule has 0 aromatic heterocycles. The Morgan fingerprint density at radius 3 is 2.44 bits per heavy atom. The van der Waals surface area contributed by atoms with Crippen LogP contribution in [-0.4, -0.2) is 66.6 Å². The zero-order valence-corrected chi connectivity index (χ0v) is 17.0. The van der Waals surface area contributed by atoms with E-state index in [4.69, 9.17) is 12.2 Å². The molecule has 2 aliphatic heterocycles. The van der Waals surface area contributed by atoms with Crippen LogP contribution >= 0.6 is 12.2 Å². The van der Waals surface area contributed by atoms with Crippen molar-refractivity contribution in [2.75, 3.05) is 51.1 Å². The molecule has 2 saturated heterocycles. The molecule has 2 aliphatic rings. The lowest BCUT2D eigenvalue weighted by molar-refractivity contribution is -0.896. The van der Waals surface area contributed by atoms with Crippen LogP contribution in [0.1, 0.15) is 20.3 Å². The van der Waals surface area contributed by atoms with Gasteiger partial charge in [0, 0.05) is 13.1 Å². The van der Waals surface area contributed by atoms with Crippen LogP contribution in [0, 0.1) is 17.7 Å². The molecule has 0 aliphatic carbocycles. The van der Waals surface area contributed by atoms with Gasteiger partial charge in [-0.1, -0.05) is 26.0 Å².